The number of nitrogens with one attached hydrogen (secondary N) is 1. The number of pyridine rings is 1. The van der Waals surface area contributed by atoms with Crippen molar-refractivity contribution in [3.8, 4) is 0 Å². The molecule has 0 radical (unpaired) electrons. The number of nitrogens with zero attached hydrogens (tertiary/aromatic N) is 4. The van der Waals surface area contributed by atoms with Gasteiger partial charge in [0.15, 0.2) is 11.5 Å². The van der Waals surface area contributed by atoms with E-state index in [2.05, 4.69) is 27.3 Å². The summed E-state index contributed by atoms with van der Waals surface area (Å²) in [5.74, 6) is 0.873. The molecule has 0 aromatic carbocycles. The van der Waals surface area contributed by atoms with E-state index in [9.17, 15) is 0 Å². The third-order valence-electron chi connectivity index (χ3n) is 3.40. The fourth-order valence-electron chi connectivity index (χ4n) is 2.29. The summed E-state index contributed by atoms with van der Waals surface area (Å²) < 4.78 is 1.74. The van der Waals surface area contributed by atoms with E-state index < -0.39 is 0 Å². The van der Waals surface area contributed by atoms with Crippen molar-refractivity contribution in [2.75, 3.05) is 26.7 Å². The van der Waals surface area contributed by atoms with E-state index in [0.29, 0.717) is 11.1 Å². The molecule has 0 spiro atoms. The quantitative estimate of drug-likeness (QED) is 0.874. The molecule has 2 aromatic rings. The summed E-state index contributed by atoms with van der Waals surface area (Å²) in [7, 11) is 2.15. The average molecular weight is 266 g/mol. The Labute approximate surface area is 111 Å². The van der Waals surface area contributed by atoms with Gasteiger partial charge in [-0.1, -0.05) is 11.6 Å². The van der Waals surface area contributed by atoms with Crippen molar-refractivity contribution in [2.45, 2.75) is 12.5 Å². The van der Waals surface area contributed by atoms with Gasteiger partial charge in [0.25, 0.3) is 0 Å². The Morgan fingerprint density at radius 1 is 1.50 bits per heavy atom. The third-order valence-corrected chi connectivity index (χ3v) is 3.63. The summed E-state index contributed by atoms with van der Waals surface area (Å²) in [4.78, 5) is 6.88. The number of halogens is 1. The van der Waals surface area contributed by atoms with Crippen LogP contribution in [0, 0.1) is 0 Å². The average Bonchev–Trinajstić information content (AvgIpc) is 2.73. The molecule has 1 atom stereocenters. The molecule has 96 valence electrons. The minimum absolute atomic E-state index is 0.464. The Hall–Kier alpha value is -1.17. The first-order chi connectivity index (χ1) is 8.72. The van der Waals surface area contributed by atoms with Crippen molar-refractivity contribution in [1.82, 2.24) is 24.8 Å². The summed E-state index contributed by atoms with van der Waals surface area (Å²) in [6.07, 6.45) is 2.65. The van der Waals surface area contributed by atoms with Gasteiger partial charge in [-0.05, 0) is 19.2 Å². The number of aromatic nitrogens is 3. The second-order valence-corrected chi connectivity index (χ2v) is 5.16. The van der Waals surface area contributed by atoms with Crippen molar-refractivity contribution in [3.05, 3.63) is 29.2 Å². The Morgan fingerprint density at radius 3 is 3.22 bits per heavy atom. The zero-order valence-electron chi connectivity index (χ0n) is 10.3. The van der Waals surface area contributed by atoms with Crippen LogP contribution in [0.4, 0.5) is 0 Å². The molecule has 1 aliphatic rings. The molecule has 0 bridgehead atoms. The van der Waals surface area contributed by atoms with E-state index in [4.69, 9.17) is 11.6 Å². The number of piperazine rings is 1. The molecule has 2 aromatic heterocycles. The van der Waals surface area contributed by atoms with Crippen LogP contribution < -0.4 is 5.32 Å². The summed E-state index contributed by atoms with van der Waals surface area (Å²) in [6.45, 7) is 3.12. The molecule has 1 N–H and O–H groups in total. The van der Waals surface area contributed by atoms with Crippen LogP contribution in [-0.2, 0) is 6.42 Å². The highest BCUT2D eigenvalue weighted by Crippen LogP contribution is 2.11. The van der Waals surface area contributed by atoms with Crippen LogP contribution in [0.5, 0.6) is 0 Å². The van der Waals surface area contributed by atoms with Crippen LogP contribution in [0.1, 0.15) is 5.82 Å². The SMILES string of the molecule is CN1CCNCC1Cc1nc2ccc(Cl)cn2n1. The van der Waals surface area contributed by atoms with Gasteiger partial charge in [-0.25, -0.2) is 9.50 Å². The zero-order valence-corrected chi connectivity index (χ0v) is 11.1. The van der Waals surface area contributed by atoms with E-state index in [-0.39, 0.29) is 0 Å². The third kappa shape index (κ3) is 2.34. The Morgan fingerprint density at radius 2 is 2.39 bits per heavy atom. The van der Waals surface area contributed by atoms with Crippen LogP contribution in [0.3, 0.4) is 0 Å². The van der Waals surface area contributed by atoms with Crippen LogP contribution in [0.25, 0.3) is 5.65 Å². The lowest BCUT2D eigenvalue weighted by Gasteiger charge is -2.32. The van der Waals surface area contributed by atoms with Gasteiger partial charge in [0.2, 0.25) is 0 Å². The number of fused-ring (bicyclic) bond motifs is 1. The van der Waals surface area contributed by atoms with E-state index >= 15 is 0 Å². The lowest BCUT2D eigenvalue weighted by atomic mass is 10.1. The largest absolute Gasteiger partial charge is 0.314 e. The molecule has 3 heterocycles. The fraction of sp³-hybridized carbons (Fsp3) is 0.500. The summed E-state index contributed by atoms with van der Waals surface area (Å²) in [5, 5.41) is 8.55. The normalized spacial score (nSPS) is 21.6. The molecule has 0 aliphatic carbocycles. The molecule has 6 heteroatoms. The van der Waals surface area contributed by atoms with Crippen LogP contribution in [0.15, 0.2) is 18.3 Å². The second-order valence-electron chi connectivity index (χ2n) is 4.72. The van der Waals surface area contributed by atoms with Gasteiger partial charge in [0, 0.05) is 38.3 Å². The van der Waals surface area contributed by atoms with Gasteiger partial charge in [0.05, 0.1) is 5.02 Å². The monoisotopic (exact) mass is 265 g/mol. The van der Waals surface area contributed by atoms with Gasteiger partial charge in [-0.15, -0.1) is 0 Å². The summed E-state index contributed by atoms with van der Waals surface area (Å²) in [5.41, 5.74) is 0.848. The lowest BCUT2D eigenvalue weighted by molar-refractivity contribution is 0.197. The van der Waals surface area contributed by atoms with Gasteiger partial charge < -0.3 is 10.2 Å². The lowest BCUT2D eigenvalue weighted by Crippen LogP contribution is -2.50. The second kappa shape index (κ2) is 4.84. The van der Waals surface area contributed by atoms with Gasteiger partial charge in [-0.3, -0.25) is 0 Å². The van der Waals surface area contributed by atoms with E-state index in [1.54, 1.807) is 10.7 Å². The Balaban J connectivity index is 1.81. The van der Waals surface area contributed by atoms with E-state index in [1.165, 1.54) is 0 Å². The molecule has 5 nitrogen and oxygen atoms in total. The van der Waals surface area contributed by atoms with Gasteiger partial charge in [-0.2, -0.15) is 5.10 Å². The van der Waals surface area contributed by atoms with Gasteiger partial charge in [0.1, 0.15) is 0 Å². The number of rotatable bonds is 2. The number of hydrogen-bond donors (Lipinski definition) is 1. The topological polar surface area (TPSA) is 45.5 Å². The maximum atomic E-state index is 5.94. The highest BCUT2D eigenvalue weighted by atomic mass is 35.5. The molecule has 1 fully saturated rings. The summed E-state index contributed by atoms with van der Waals surface area (Å²) >= 11 is 5.94. The number of likely N-dealkylation sites (N-methyl/N-ethyl adjacent to an activating group) is 1. The first kappa shape index (κ1) is 11.9. The van der Waals surface area contributed by atoms with Crippen molar-refractivity contribution in [2.24, 2.45) is 0 Å². The zero-order chi connectivity index (χ0) is 12.5. The Kier molecular flexibility index (Phi) is 3.20. The molecular formula is C12H16ClN5. The van der Waals surface area contributed by atoms with Crippen LogP contribution in [-0.4, -0.2) is 52.2 Å². The van der Waals surface area contributed by atoms with Crippen molar-refractivity contribution in [3.63, 3.8) is 0 Å². The molecule has 18 heavy (non-hydrogen) atoms. The summed E-state index contributed by atoms with van der Waals surface area (Å²) in [6, 6.07) is 4.19. The number of hydrogen-bond acceptors (Lipinski definition) is 4. The molecule has 3 rings (SSSR count). The first-order valence-corrected chi connectivity index (χ1v) is 6.52. The molecule has 0 saturated carbocycles. The van der Waals surface area contributed by atoms with E-state index in [1.807, 2.05) is 12.1 Å². The van der Waals surface area contributed by atoms with Crippen molar-refractivity contribution >= 4 is 17.2 Å². The standard InChI is InChI=1S/C12H16ClN5/c1-17-5-4-14-7-10(17)6-11-15-12-3-2-9(13)8-18(12)16-11/h2-3,8,10,14H,4-7H2,1H3. The Bertz CT molecular complexity index is 552. The maximum Gasteiger partial charge on any atom is 0.155 e. The minimum Gasteiger partial charge on any atom is -0.314 e. The maximum absolute atomic E-state index is 5.94. The fourth-order valence-corrected chi connectivity index (χ4v) is 2.45. The van der Waals surface area contributed by atoms with Gasteiger partial charge >= 0.3 is 0 Å². The van der Waals surface area contributed by atoms with Crippen LogP contribution in [0.2, 0.25) is 5.02 Å². The van der Waals surface area contributed by atoms with E-state index in [0.717, 1.165) is 37.5 Å². The predicted molar refractivity (Wildman–Crippen MR) is 71.0 cm³/mol. The highest BCUT2D eigenvalue weighted by Gasteiger charge is 2.20. The predicted octanol–water partition coefficient (Wildman–Crippen LogP) is 0.829. The smallest absolute Gasteiger partial charge is 0.155 e. The molecule has 1 unspecified atom stereocenters. The molecule has 1 aliphatic heterocycles. The molecule has 1 saturated heterocycles. The highest BCUT2D eigenvalue weighted by molar-refractivity contribution is 6.30. The van der Waals surface area contributed by atoms with Crippen molar-refractivity contribution in [1.29, 1.82) is 0 Å². The first-order valence-electron chi connectivity index (χ1n) is 6.14. The molecular weight excluding hydrogens is 250 g/mol. The van der Waals surface area contributed by atoms with Crippen LogP contribution >= 0.6 is 11.6 Å². The minimum atomic E-state index is 0.464. The van der Waals surface area contributed by atoms with Crippen molar-refractivity contribution < 1.29 is 0 Å². The molecule has 0 amide bonds.